The number of nitrogens with one attached hydrogen (secondary N) is 1. The Morgan fingerprint density at radius 1 is 1.21 bits per heavy atom. The molecule has 0 radical (unpaired) electrons. The average Bonchev–Trinajstić information content (AvgIpc) is 2.90. The Morgan fingerprint density at radius 3 is 2.58 bits per heavy atom. The van der Waals surface area contributed by atoms with E-state index >= 15 is 0 Å². The highest BCUT2D eigenvalue weighted by molar-refractivity contribution is 5.57. The Bertz CT molecular complexity index is 542. The van der Waals surface area contributed by atoms with Crippen molar-refractivity contribution in [2.45, 2.75) is 18.9 Å². The summed E-state index contributed by atoms with van der Waals surface area (Å²) in [5.74, 6) is 1.67. The second-order valence-electron chi connectivity index (χ2n) is 4.86. The second-order valence-corrected chi connectivity index (χ2v) is 4.86. The summed E-state index contributed by atoms with van der Waals surface area (Å²) in [4.78, 5) is 6.64. The number of aromatic hydroxyl groups is 1. The van der Waals surface area contributed by atoms with Crippen LogP contribution in [-0.4, -0.2) is 39.4 Å². The molecule has 6 nitrogen and oxygen atoms in total. The molecule has 19 heavy (non-hydrogen) atoms. The molecule has 0 amide bonds. The highest BCUT2D eigenvalue weighted by Gasteiger charge is 2.19. The zero-order chi connectivity index (χ0) is 13.2. The number of phenols is 1. The molecule has 0 saturated carbocycles. The van der Waals surface area contributed by atoms with Gasteiger partial charge in [0.05, 0.1) is 0 Å². The smallest absolute Gasteiger partial charge is 0.245 e. The van der Waals surface area contributed by atoms with Gasteiger partial charge in [0.15, 0.2) is 5.82 Å². The van der Waals surface area contributed by atoms with Gasteiger partial charge in [-0.1, -0.05) is 0 Å². The minimum atomic E-state index is 0.244. The van der Waals surface area contributed by atoms with Crippen molar-refractivity contribution in [3.8, 4) is 17.1 Å². The highest BCUT2D eigenvalue weighted by Crippen LogP contribution is 2.21. The van der Waals surface area contributed by atoms with Gasteiger partial charge in [-0.3, -0.25) is 5.10 Å². The fraction of sp³-hybridized carbons (Fsp3) is 0.385. The number of nitrogens with two attached hydrogens (primary N) is 1. The highest BCUT2D eigenvalue weighted by atomic mass is 16.3. The Morgan fingerprint density at radius 2 is 1.89 bits per heavy atom. The first-order chi connectivity index (χ1) is 9.22. The summed E-state index contributed by atoms with van der Waals surface area (Å²) in [6, 6.07) is 7.19. The number of hydrogen-bond acceptors (Lipinski definition) is 5. The van der Waals surface area contributed by atoms with Crippen LogP contribution in [0.2, 0.25) is 0 Å². The molecular formula is C13H17N5O. The van der Waals surface area contributed by atoms with Crippen molar-refractivity contribution in [3.63, 3.8) is 0 Å². The maximum Gasteiger partial charge on any atom is 0.245 e. The molecule has 1 aliphatic heterocycles. The second kappa shape index (κ2) is 4.89. The maximum atomic E-state index is 9.27. The van der Waals surface area contributed by atoms with Crippen LogP contribution in [0.5, 0.6) is 5.75 Å². The van der Waals surface area contributed by atoms with Crippen LogP contribution in [0.3, 0.4) is 0 Å². The summed E-state index contributed by atoms with van der Waals surface area (Å²) in [6.07, 6.45) is 1.95. The zero-order valence-corrected chi connectivity index (χ0v) is 10.6. The van der Waals surface area contributed by atoms with Crippen LogP contribution < -0.4 is 10.6 Å². The van der Waals surface area contributed by atoms with Crippen LogP contribution in [0.4, 0.5) is 5.95 Å². The Hall–Kier alpha value is -2.08. The predicted octanol–water partition coefficient (Wildman–Crippen LogP) is 1.10. The van der Waals surface area contributed by atoms with Gasteiger partial charge in [-0.15, -0.1) is 5.10 Å². The zero-order valence-electron chi connectivity index (χ0n) is 10.6. The quantitative estimate of drug-likeness (QED) is 0.751. The van der Waals surface area contributed by atoms with Crippen molar-refractivity contribution in [2.24, 2.45) is 5.73 Å². The van der Waals surface area contributed by atoms with Crippen LogP contribution in [0.25, 0.3) is 11.4 Å². The van der Waals surface area contributed by atoms with E-state index in [1.54, 1.807) is 12.1 Å². The average molecular weight is 259 g/mol. The van der Waals surface area contributed by atoms with E-state index < -0.39 is 0 Å². The van der Waals surface area contributed by atoms with E-state index in [0.29, 0.717) is 11.9 Å². The van der Waals surface area contributed by atoms with Crippen LogP contribution in [0.1, 0.15) is 12.8 Å². The van der Waals surface area contributed by atoms with Gasteiger partial charge in [0.1, 0.15) is 5.75 Å². The molecule has 0 spiro atoms. The molecule has 100 valence electrons. The van der Waals surface area contributed by atoms with Gasteiger partial charge in [0, 0.05) is 24.7 Å². The minimum Gasteiger partial charge on any atom is -0.508 e. The normalized spacial score (nSPS) is 16.8. The van der Waals surface area contributed by atoms with Crippen molar-refractivity contribution < 1.29 is 5.11 Å². The molecule has 4 N–H and O–H groups in total. The molecule has 0 unspecified atom stereocenters. The van der Waals surface area contributed by atoms with Gasteiger partial charge in [-0.25, -0.2) is 0 Å². The number of anilines is 1. The van der Waals surface area contributed by atoms with Crippen molar-refractivity contribution in [1.82, 2.24) is 15.2 Å². The van der Waals surface area contributed by atoms with E-state index in [1.165, 1.54) is 0 Å². The molecule has 3 rings (SSSR count). The van der Waals surface area contributed by atoms with Gasteiger partial charge in [-0.2, -0.15) is 4.98 Å². The molecule has 1 fully saturated rings. The fourth-order valence-electron chi connectivity index (χ4n) is 2.24. The molecule has 2 aromatic rings. The number of phenolic OH excluding ortho intramolecular Hbond substituents is 1. The van der Waals surface area contributed by atoms with E-state index in [9.17, 15) is 5.11 Å². The number of benzene rings is 1. The number of rotatable bonds is 2. The molecule has 0 aliphatic carbocycles. The Labute approximate surface area is 111 Å². The number of aromatic amines is 1. The monoisotopic (exact) mass is 259 g/mol. The molecule has 0 bridgehead atoms. The number of nitrogens with zero attached hydrogens (tertiary/aromatic N) is 3. The van der Waals surface area contributed by atoms with Gasteiger partial charge in [0.2, 0.25) is 5.95 Å². The molecule has 1 saturated heterocycles. The minimum absolute atomic E-state index is 0.244. The van der Waals surface area contributed by atoms with Crippen molar-refractivity contribution in [3.05, 3.63) is 24.3 Å². The molecule has 1 aliphatic rings. The third-order valence-electron chi connectivity index (χ3n) is 3.44. The predicted molar refractivity (Wildman–Crippen MR) is 72.9 cm³/mol. The first-order valence-corrected chi connectivity index (χ1v) is 6.45. The maximum absolute atomic E-state index is 9.27. The standard InChI is InChI=1S/C13H17N5O/c14-10-5-7-18(8-6-10)13-15-12(16-17-13)9-1-3-11(19)4-2-9/h1-4,10,19H,5-8,14H2,(H,15,16,17). The third kappa shape index (κ3) is 2.53. The first kappa shape index (κ1) is 12.0. The molecule has 1 aromatic carbocycles. The third-order valence-corrected chi connectivity index (χ3v) is 3.44. The lowest BCUT2D eigenvalue weighted by Crippen LogP contribution is -2.40. The molecular weight excluding hydrogens is 242 g/mol. The first-order valence-electron chi connectivity index (χ1n) is 6.45. The summed E-state index contributed by atoms with van der Waals surface area (Å²) >= 11 is 0. The SMILES string of the molecule is NC1CCN(c2n[nH]c(-c3ccc(O)cc3)n2)CC1. The summed E-state index contributed by atoms with van der Waals surface area (Å²) in [6.45, 7) is 1.79. The van der Waals surface area contributed by atoms with E-state index in [0.717, 1.165) is 37.4 Å². The number of aromatic nitrogens is 3. The Kier molecular flexibility index (Phi) is 3.08. The van der Waals surface area contributed by atoms with E-state index in [1.807, 2.05) is 12.1 Å². The van der Waals surface area contributed by atoms with E-state index in [4.69, 9.17) is 5.73 Å². The number of piperidine rings is 1. The van der Waals surface area contributed by atoms with Gasteiger partial charge in [0.25, 0.3) is 0 Å². The molecule has 2 heterocycles. The topological polar surface area (TPSA) is 91.1 Å². The van der Waals surface area contributed by atoms with Crippen LogP contribution in [-0.2, 0) is 0 Å². The van der Waals surface area contributed by atoms with Crippen LogP contribution >= 0.6 is 0 Å². The van der Waals surface area contributed by atoms with Gasteiger partial charge >= 0.3 is 0 Å². The van der Waals surface area contributed by atoms with Crippen molar-refractivity contribution >= 4 is 5.95 Å². The lowest BCUT2D eigenvalue weighted by Gasteiger charge is -2.28. The van der Waals surface area contributed by atoms with E-state index in [2.05, 4.69) is 20.1 Å². The van der Waals surface area contributed by atoms with E-state index in [-0.39, 0.29) is 5.75 Å². The summed E-state index contributed by atoms with van der Waals surface area (Å²) in [7, 11) is 0. The van der Waals surface area contributed by atoms with Crippen LogP contribution in [0.15, 0.2) is 24.3 Å². The largest absolute Gasteiger partial charge is 0.508 e. The molecule has 0 atom stereocenters. The van der Waals surface area contributed by atoms with Crippen LogP contribution in [0, 0.1) is 0 Å². The van der Waals surface area contributed by atoms with Gasteiger partial charge < -0.3 is 15.7 Å². The molecule has 1 aromatic heterocycles. The van der Waals surface area contributed by atoms with Crippen molar-refractivity contribution in [1.29, 1.82) is 0 Å². The Balaban J connectivity index is 1.77. The number of H-pyrrole nitrogens is 1. The van der Waals surface area contributed by atoms with Gasteiger partial charge in [-0.05, 0) is 37.1 Å². The lowest BCUT2D eigenvalue weighted by molar-refractivity contribution is 0.475. The number of hydrogen-bond donors (Lipinski definition) is 3. The summed E-state index contributed by atoms with van der Waals surface area (Å²) in [5.41, 5.74) is 6.79. The fourth-order valence-corrected chi connectivity index (χ4v) is 2.24. The summed E-state index contributed by atoms with van der Waals surface area (Å²) in [5, 5.41) is 16.5. The lowest BCUT2D eigenvalue weighted by atomic mass is 10.1. The van der Waals surface area contributed by atoms with Crippen molar-refractivity contribution in [2.75, 3.05) is 18.0 Å². The molecule has 6 heteroatoms. The summed E-state index contributed by atoms with van der Waals surface area (Å²) < 4.78 is 0.